The Hall–Kier alpha value is -2.70. The number of hydrogen-bond acceptors (Lipinski definition) is 6. The van der Waals surface area contributed by atoms with Crippen LogP contribution in [0.5, 0.6) is 0 Å². The third-order valence-electron chi connectivity index (χ3n) is 2.40. The van der Waals surface area contributed by atoms with Crippen LogP contribution in [0.25, 0.3) is 23.0 Å². The SMILES string of the molecule is Cn1ccc(-c2noc(-c3ccnc(N)c3)n2)n1. The molecule has 0 spiro atoms. The second-order valence-electron chi connectivity index (χ2n) is 3.77. The Kier molecular flexibility index (Phi) is 2.30. The number of aromatic nitrogens is 5. The van der Waals surface area contributed by atoms with E-state index in [2.05, 4.69) is 20.2 Å². The highest BCUT2D eigenvalue weighted by Gasteiger charge is 2.12. The average molecular weight is 242 g/mol. The van der Waals surface area contributed by atoms with Crippen molar-refractivity contribution in [1.82, 2.24) is 24.9 Å². The molecule has 0 aliphatic carbocycles. The van der Waals surface area contributed by atoms with Crippen LogP contribution >= 0.6 is 0 Å². The van der Waals surface area contributed by atoms with E-state index in [1.807, 2.05) is 19.3 Å². The molecule has 90 valence electrons. The van der Waals surface area contributed by atoms with Crippen molar-refractivity contribution in [2.75, 3.05) is 5.73 Å². The van der Waals surface area contributed by atoms with Crippen LogP contribution in [0.15, 0.2) is 35.1 Å². The minimum absolute atomic E-state index is 0.393. The van der Waals surface area contributed by atoms with Crippen molar-refractivity contribution in [3.05, 3.63) is 30.6 Å². The molecule has 0 aliphatic heterocycles. The van der Waals surface area contributed by atoms with Crippen molar-refractivity contribution >= 4 is 5.82 Å². The Balaban J connectivity index is 1.99. The Morgan fingerprint density at radius 3 is 2.94 bits per heavy atom. The highest BCUT2D eigenvalue weighted by Crippen LogP contribution is 2.21. The lowest BCUT2D eigenvalue weighted by Crippen LogP contribution is -1.90. The first-order valence-electron chi connectivity index (χ1n) is 5.28. The van der Waals surface area contributed by atoms with Crippen LogP contribution < -0.4 is 5.73 Å². The van der Waals surface area contributed by atoms with E-state index in [1.165, 1.54) is 0 Å². The van der Waals surface area contributed by atoms with Gasteiger partial charge in [0.1, 0.15) is 11.5 Å². The maximum atomic E-state index is 5.60. The van der Waals surface area contributed by atoms with E-state index >= 15 is 0 Å². The lowest BCUT2D eigenvalue weighted by atomic mass is 10.2. The largest absolute Gasteiger partial charge is 0.384 e. The van der Waals surface area contributed by atoms with E-state index in [-0.39, 0.29) is 0 Å². The third kappa shape index (κ3) is 1.81. The molecule has 0 amide bonds. The van der Waals surface area contributed by atoms with Gasteiger partial charge in [0.15, 0.2) is 0 Å². The molecule has 0 aliphatic rings. The molecule has 0 saturated carbocycles. The topological polar surface area (TPSA) is 95.7 Å². The summed E-state index contributed by atoms with van der Waals surface area (Å²) in [6, 6.07) is 5.25. The van der Waals surface area contributed by atoms with Gasteiger partial charge in [0.2, 0.25) is 5.82 Å². The zero-order chi connectivity index (χ0) is 12.5. The van der Waals surface area contributed by atoms with Gasteiger partial charge in [-0.15, -0.1) is 0 Å². The van der Waals surface area contributed by atoms with E-state index in [9.17, 15) is 0 Å². The first kappa shape index (κ1) is 10.5. The average Bonchev–Trinajstić information content (AvgIpc) is 2.97. The maximum absolute atomic E-state index is 5.60. The molecular formula is C11H10N6O. The van der Waals surface area contributed by atoms with Gasteiger partial charge >= 0.3 is 0 Å². The Morgan fingerprint density at radius 2 is 2.22 bits per heavy atom. The number of hydrogen-bond donors (Lipinski definition) is 1. The van der Waals surface area contributed by atoms with E-state index in [0.717, 1.165) is 5.56 Å². The molecule has 3 rings (SSSR count). The Labute approximate surface area is 102 Å². The van der Waals surface area contributed by atoms with Crippen molar-refractivity contribution in [1.29, 1.82) is 0 Å². The highest BCUT2D eigenvalue weighted by molar-refractivity contribution is 5.59. The summed E-state index contributed by atoms with van der Waals surface area (Å²) in [6.45, 7) is 0. The van der Waals surface area contributed by atoms with Crippen LogP contribution in [-0.4, -0.2) is 24.9 Å². The molecule has 0 radical (unpaired) electrons. The quantitative estimate of drug-likeness (QED) is 0.723. The van der Waals surface area contributed by atoms with Gasteiger partial charge in [-0.05, 0) is 18.2 Å². The van der Waals surface area contributed by atoms with E-state index in [0.29, 0.717) is 23.2 Å². The molecule has 18 heavy (non-hydrogen) atoms. The molecule has 0 fully saturated rings. The second-order valence-corrected chi connectivity index (χ2v) is 3.77. The summed E-state index contributed by atoms with van der Waals surface area (Å²) in [6.07, 6.45) is 3.41. The molecule has 7 nitrogen and oxygen atoms in total. The molecule has 2 N–H and O–H groups in total. The zero-order valence-electron chi connectivity index (χ0n) is 9.61. The summed E-state index contributed by atoms with van der Waals surface area (Å²) >= 11 is 0. The monoisotopic (exact) mass is 242 g/mol. The Bertz CT molecular complexity index is 686. The molecule has 3 heterocycles. The van der Waals surface area contributed by atoms with Crippen molar-refractivity contribution in [3.63, 3.8) is 0 Å². The predicted molar refractivity (Wildman–Crippen MR) is 64.1 cm³/mol. The fraction of sp³-hybridized carbons (Fsp3) is 0.0909. The molecule has 0 bridgehead atoms. The summed E-state index contributed by atoms with van der Waals surface area (Å²) < 4.78 is 6.85. The molecule has 7 heteroatoms. The minimum atomic E-state index is 0.393. The van der Waals surface area contributed by atoms with Gasteiger partial charge in [-0.2, -0.15) is 10.1 Å². The number of nitrogens with two attached hydrogens (primary N) is 1. The standard InChI is InChI=1S/C11H10N6O/c1-17-5-3-8(15-17)10-14-11(18-16-10)7-2-4-13-9(12)6-7/h2-6H,1H3,(H2,12,13). The van der Waals surface area contributed by atoms with Crippen LogP contribution in [0.4, 0.5) is 5.82 Å². The summed E-state index contributed by atoms with van der Waals surface area (Å²) in [4.78, 5) is 8.17. The number of rotatable bonds is 2. The maximum Gasteiger partial charge on any atom is 0.258 e. The molecule has 0 unspecified atom stereocenters. The molecule has 0 saturated heterocycles. The fourth-order valence-corrected chi connectivity index (χ4v) is 1.56. The molecule has 3 aromatic rings. The number of pyridine rings is 1. The first-order valence-corrected chi connectivity index (χ1v) is 5.28. The number of nitrogens with zero attached hydrogens (tertiary/aromatic N) is 5. The van der Waals surface area contributed by atoms with Crippen LogP contribution in [0.3, 0.4) is 0 Å². The lowest BCUT2D eigenvalue weighted by molar-refractivity contribution is 0.432. The lowest BCUT2D eigenvalue weighted by Gasteiger charge is -1.94. The summed E-state index contributed by atoms with van der Waals surface area (Å²) in [5, 5.41) is 8.08. The van der Waals surface area contributed by atoms with E-state index in [1.54, 1.807) is 23.0 Å². The van der Waals surface area contributed by atoms with E-state index in [4.69, 9.17) is 10.3 Å². The van der Waals surface area contributed by atoms with Gasteiger partial charge in [-0.3, -0.25) is 4.68 Å². The summed E-state index contributed by atoms with van der Waals surface area (Å²) in [5.41, 5.74) is 7.00. The van der Waals surface area contributed by atoms with Gasteiger partial charge in [0, 0.05) is 25.0 Å². The van der Waals surface area contributed by atoms with Gasteiger partial charge in [0.25, 0.3) is 5.89 Å². The first-order chi connectivity index (χ1) is 8.72. The van der Waals surface area contributed by atoms with Crippen molar-refractivity contribution in [2.24, 2.45) is 7.05 Å². The van der Waals surface area contributed by atoms with E-state index < -0.39 is 0 Å². The number of nitrogen functional groups attached to an aromatic ring is 1. The van der Waals surface area contributed by atoms with Crippen LogP contribution in [-0.2, 0) is 7.05 Å². The van der Waals surface area contributed by atoms with Gasteiger partial charge < -0.3 is 10.3 Å². The van der Waals surface area contributed by atoms with Crippen LogP contribution in [0.2, 0.25) is 0 Å². The minimum Gasteiger partial charge on any atom is -0.384 e. The van der Waals surface area contributed by atoms with Crippen LogP contribution in [0, 0.1) is 0 Å². The summed E-state index contributed by atoms with van der Waals surface area (Å²) in [7, 11) is 1.83. The zero-order valence-corrected chi connectivity index (χ0v) is 9.61. The van der Waals surface area contributed by atoms with Crippen LogP contribution in [0.1, 0.15) is 0 Å². The van der Waals surface area contributed by atoms with Gasteiger partial charge in [-0.25, -0.2) is 4.98 Å². The van der Waals surface area contributed by atoms with Gasteiger partial charge in [-0.1, -0.05) is 5.16 Å². The second kappa shape index (κ2) is 3.95. The third-order valence-corrected chi connectivity index (χ3v) is 2.40. The fourth-order valence-electron chi connectivity index (χ4n) is 1.56. The Morgan fingerprint density at radius 1 is 1.33 bits per heavy atom. The van der Waals surface area contributed by atoms with Crippen molar-refractivity contribution in [3.8, 4) is 23.0 Å². The van der Waals surface area contributed by atoms with Crippen molar-refractivity contribution < 1.29 is 4.52 Å². The molecule has 0 atom stereocenters. The highest BCUT2D eigenvalue weighted by atomic mass is 16.5. The number of aryl methyl sites for hydroxylation is 1. The predicted octanol–water partition coefficient (Wildman–Crippen LogP) is 1.11. The number of anilines is 1. The van der Waals surface area contributed by atoms with Gasteiger partial charge in [0.05, 0.1) is 0 Å². The molecular weight excluding hydrogens is 232 g/mol. The molecule has 0 aromatic carbocycles. The smallest absolute Gasteiger partial charge is 0.258 e. The normalized spacial score (nSPS) is 10.7. The van der Waals surface area contributed by atoms with Crippen molar-refractivity contribution in [2.45, 2.75) is 0 Å². The molecule has 3 aromatic heterocycles. The summed E-state index contributed by atoms with van der Waals surface area (Å²) in [5.74, 6) is 1.25.